The Balaban J connectivity index is 2.05. The molecule has 1 fully saturated rings. The zero-order chi connectivity index (χ0) is 8.39. The van der Waals surface area contributed by atoms with Gasteiger partial charge in [-0.1, -0.05) is 18.0 Å². The molecule has 0 radical (unpaired) electrons. The fourth-order valence-electron chi connectivity index (χ4n) is 2.06. The average molecular weight is 169 g/mol. The minimum Gasteiger partial charge on any atom is -0.482 e. The van der Waals surface area contributed by atoms with Gasteiger partial charge in [-0.2, -0.15) is 0 Å². The Morgan fingerprint density at radius 1 is 1.33 bits per heavy atom. The zero-order valence-electron chi connectivity index (χ0n) is 7.45. The Hall–Kier alpha value is -0.730. The van der Waals surface area contributed by atoms with E-state index in [1.807, 2.05) is 0 Å². The van der Waals surface area contributed by atoms with Crippen molar-refractivity contribution in [3.8, 4) is 0 Å². The quantitative estimate of drug-likeness (QED) is 0.554. The van der Waals surface area contributed by atoms with E-state index in [1.165, 1.54) is 25.7 Å². The molecule has 1 heterocycles. The molecule has 1 saturated carbocycles. The maximum absolute atomic E-state index is 5.30. The summed E-state index contributed by atoms with van der Waals surface area (Å²) in [5, 5.41) is 3.93. The monoisotopic (exact) mass is 169 g/mol. The third kappa shape index (κ3) is 1.28. The van der Waals surface area contributed by atoms with Gasteiger partial charge < -0.3 is 9.57 Å². The molecule has 2 aliphatic rings. The van der Waals surface area contributed by atoms with Crippen LogP contribution in [-0.4, -0.2) is 19.1 Å². The molecule has 0 aromatic heterocycles. The van der Waals surface area contributed by atoms with Crippen LogP contribution in [0.3, 0.4) is 0 Å². The molecular weight excluding hydrogens is 154 g/mol. The minimum absolute atomic E-state index is 0.308. The summed E-state index contributed by atoms with van der Waals surface area (Å²) in [6, 6.07) is 0. The Labute approximate surface area is 72.7 Å². The Bertz CT molecular complexity index is 191. The first-order valence-corrected chi connectivity index (χ1v) is 4.69. The van der Waals surface area contributed by atoms with Crippen LogP contribution in [0.2, 0.25) is 0 Å². The molecule has 0 amide bonds. The summed E-state index contributed by atoms with van der Waals surface area (Å²) in [5.41, 5.74) is 0. The van der Waals surface area contributed by atoms with Crippen molar-refractivity contribution >= 4 is 5.90 Å². The van der Waals surface area contributed by atoms with Crippen molar-refractivity contribution < 1.29 is 9.57 Å². The van der Waals surface area contributed by atoms with Crippen LogP contribution in [0.25, 0.3) is 0 Å². The summed E-state index contributed by atoms with van der Waals surface area (Å²) in [6.45, 7) is 0. The van der Waals surface area contributed by atoms with E-state index in [0.717, 1.165) is 12.3 Å². The molecular formula is C9H15NO2. The Kier molecular flexibility index (Phi) is 2.19. The van der Waals surface area contributed by atoms with Gasteiger partial charge in [-0.15, -0.1) is 0 Å². The highest BCUT2D eigenvalue weighted by Crippen LogP contribution is 2.31. The summed E-state index contributed by atoms with van der Waals surface area (Å²) in [7, 11) is 1.68. The first-order chi connectivity index (χ1) is 5.92. The first kappa shape index (κ1) is 7.90. The summed E-state index contributed by atoms with van der Waals surface area (Å²) in [5.74, 6) is 1.25. The molecule has 0 N–H and O–H groups in total. The largest absolute Gasteiger partial charge is 0.482 e. The van der Waals surface area contributed by atoms with E-state index in [-0.39, 0.29) is 0 Å². The van der Waals surface area contributed by atoms with Crippen LogP contribution >= 0.6 is 0 Å². The van der Waals surface area contributed by atoms with E-state index in [4.69, 9.17) is 9.57 Å². The van der Waals surface area contributed by atoms with Crippen molar-refractivity contribution in [2.24, 2.45) is 11.1 Å². The maximum Gasteiger partial charge on any atom is 0.232 e. The van der Waals surface area contributed by atoms with Gasteiger partial charge in [0.15, 0.2) is 0 Å². The number of oxime groups is 1. The molecule has 0 saturated heterocycles. The number of methoxy groups -OCH3 is 1. The van der Waals surface area contributed by atoms with Crippen molar-refractivity contribution in [1.82, 2.24) is 0 Å². The van der Waals surface area contributed by atoms with Crippen LogP contribution in [0.5, 0.6) is 0 Å². The van der Waals surface area contributed by atoms with Gasteiger partial charge in [0, 0.05) is 0 Å². The van der Waals surface area contributed by atoms with E-state index in [9.17, 15) is 0 Å². The van der Waals surface area contributed by atoms with Gasteiger partial charge in [0.05, 0.1) is 13.0 Å². The molecule has 12 heavy (non-hydrogen) atoms. The normalized spacial score (nSPS) is 34.6. The molecule has 3 nitrogen and oxygen atoms in total. The van der Waals surface area contributed by atoms with Crippen LogP contribution in [0.1, 0.15) is 32.1 Å². The van der Waals surface area contributed by atoms with Gasteiger partial charge in [-0.25, -0.2) is 0 Å². The SMILES string of the molecule is COC1=NOC2CCCCCC12. The zero-order valence-corrected chi connectivity index (χ0v) is 7.45. The summed E-state index contributed by atoms with van der Waals surface area (Å²) in [4.78, 5) is 5.30. The molecule has 2 atom stereocenters. The molecule has 0 aromatic rings. The fraction of sp³-hybridized carbons (Fsp3) is 0.889. The third-order valence-electron chi connectivity index (χ3n) is 2.76. The minimum atomic E-state index is 0.308. The highest BCUT2D eigenvalue weighted by molar-refractivity contribution is 5.79. The summed E-state index contributed by atoms with van der Waals surface area (Å²) in [6.07, 6.45) is 6.51. The number of nitrogens with zero attached hydrogens (tertiary/aromatic N) is 1. The molecule has 68 valence electrons. The topological polar surface area (TPSA) is 30.8 Å². The smallest absolute Gasteiger partial charge is 0.232 e. The second-order valence-electron chi connectivity index (χ2n) is 3.52. The number of hydrogen-bond donors (Lipinski definition) is 0. The molecule has 2 unspecified atom stereocenters. The van der Waals surface area contributed by atoms with E-state index < -0.39 is 0 Å². The molecule has 0 bridgehead atoms. The van der Waals surface area contributed by atoms with E-state index in [2.05, 4.69) is 5.16 Å². The molecule has 1 aliphatic carbocycles. The van der Waals surface area contributed by atoms with Crippen molar-refractivity contribution in [2.75, 3.05) is 7.11 Å². The maximum atomic E-state index is 5.30. The predicted molar refractivity (Wildman–Crippen MR) is 45.9 cm³/mol. The van der Waals surface area contributed by atoms with Crippen LogP contribution in [0.4, 0.5) is 0 Å². The number of ether oxygens (including phenoxy) is 1. The van der Waals surface area contributed by atoms with E-state index in [0.29, 0.717) is 12.0 Å². The Morgan fingerprint density at radius 2 is 2.17 bits per heavy atom. The van der Waals surface area contributed by atoms with Crippen LogP contribution in [-0.2, 0) is 9.57 Å². The molecule has 2 rings (SSSR count). The van der Waals surface area contributed by atoms with Crippen molar-refractivity contribution in [2.45, 2.75) is 38.2 Å². The highest BCUT2D eigenvalue weighted by atomic mass is 16.7. The van der Waals surface area contributed by atoms with Crippen LogP contribution < -0.4 is 0 Å². The highest BCUT2D eigenvalue weighted by Gasteiger charge is 2.35. The standard InChI is InChI=1S/C9H15NO2/c1-11-9-7-5-3-2-4-6-8(7)12-10-9/h7-8H,2-6H2,1H3. The lowest BCUT2D eigenvalue weighted by Crippen LogP contribution is -2.22. The van der Waals surface area contributed by atoms with E-state index >= 15 is 0 Å². The van der Waals surface area contributed by atoms with Gasteiger partial charge in [0.2, 0.25) is 5.90 Å². The van der Waals surface area contributed by atoms with Crippen LogP contribution in [0, 0.1) is 5.92 Å². The lowest BCUT2D eigenvalue weighted by molar-refractivity contribution is 0.0571. The van der Waals surface area contributed by atoms with Gasteiger partial charge in [0.1, 0.15) is 6.10 Å². The van der Waals surface area contributed by atoms with Gasteiger partial charge >= 0.3 is 0 Å². The number of rotatable bonds is 0. The second kappa shape index (κ2) is 3.33. The molecule has 1 aliphatic heterocycles. The lowest BCUT2D eigenvalue weighted by atomic mass is 9.98. The van der Waals surface area contributed by atoms with Gasteiger partial charge in [-0.3, -0.25) is 0 Å². The van der Waals surface area contributed by atoms with Crippen molar-refractivity contribution in [3.05, 3.63) is 0 Å². The van der Waals surface area contributed by atoms with Crippen LogP contribution in [0.15, 0.2) is 5.16 Å². The number of hydrogen-bond acceptors (Lipinski definition) is 3. The molecule has 3 heteroatoms. The predicted octanol–water partition coefficient (Wildman–Crippen LogP) is 1.93. The second-order valence-corrected chi connectivity index (χ2v) is 3.52. The third-order valence-corrected chi connectivity index (χ3v) is 2.76. The molecule has 0 spiro atoms. The molecule has 0 aromatic carbocycles. The van der Waals surface area contributed by atoms with Crippen molar-refractivity contribution in [1.29, 1.82) is 0 Å². The summed E-state index contributed by atoms with van der Waals surface area (Å²) < 4.78 is 5.16. The fourth-order valence-corrected chi connectivity index (χ4v) is 2.06. The van der Waals surface area contributed by atoms with Gasteiger partial charge in [0.25, 0.3) is 0 Å². The first-order valence-electron chi connectivity index (χ1n) is 4.69. The average Bonchev–Trinajstić information content (AvgIpc) is 2.33. The lowest BCUT2D eigenvalue weighted by Gasteiger charge is -2.13. The van der Waals surface area contributed by atoms with E-state index in [1.54, 1.807) is 7.11 Å². The summed E-state index contributed by atoms with van der Waals surface area (Å²) >= 11 is 0. The van der Waals surface area contributed by atoms with Gasteiger partial charge in [-0.05, 0) is 19.3 Å². The number of fused-ring (bicyclic) bond motifs is 1. The van der Waals surface area contributed by atoms with Crippen molar-refractivity contribution in [3.63, 3.8) is 0 Å². The Morgan fingerprint density at radius 3 is 3.00 bits per heavy atom.